The minimum Gasteiger partial charge on any atom is -0.493 e. The molecule has 11 heteroatoms. The van der Waals surface area contributed by atoms with E-state index in [-0.39, 0.29) is 50.0 Å². The lowest BCUT2D eigenvalue weighted by Crippen LogP contribution is -2.09. The molecule has 35 heavy (non-hydrogen) atoms. The van der Waals surface area contributed by atoms with Crippen molar-refractivity contribution in [2.45, 2.75) is 0 Å². The molecule has 0 atom stereocenters. The molecule has 0 fully saturated rings. The number of rotatable bonds is 6. The molecule has 0 aromatic heterocycles. The van der Waals surface area contributed by atoms with E-state index in [1.54, 1.807) is 24.3 Å². The molecule has 0 N–H and O–H groups in total. The van der Waals surface area contributed by atoms with Gasteiger partial charge < -0.3 is 14.2 Å². The van der Waals surface area contributed by atoms with Crippen LogP contribution in [0.1, 0.15) is 21.5 Å². The number of carbonyl (C=O) groups is 2. The zero-order chi connectivity index (χ0) is 25.1. The van der Waals surface area contributed by atoms with Gasteiger partial charge in [0.1, 0.15) is 0 Å². The number of carbonyl (C=O) groups excluding carboxylic acids is 2. The Bertz CT molecular complexity index is 1430. The maximum absolute atomic E-state index is 12.5. The molecular formula is C24H14Cl2N2O7. The van der Waals surface area contributed by atoms with Gasteiger partial charge in [0.2, 0.25) is 5.90 Å². The van der Waals surface area contributed by atoms with Crippen LogP contribution in [0.4, 0.5) is 5.69 Å². The first-order valence-electron chi connectivity index (χ1n) is 9.88. The summed E-state index contributed by atoms with van der Waals surface area (Å²) in [5.74, 6) is -1.23. The van der Waals surface area contributed by atoms with Gasteiger partial charge in [0, 0.05) is 12.1 Å². The monoisotopic (exact) mass is 512 g/mol. The number of nitrogens with zero attached hydrogens (tertiary/aromatic N) is 2. The van der Waals surface area contributed by atoms with Crippen molar-refractivity contribution in [3.05, 3.63) is 103 Å². The molecular weight excluding hydrogens is 499 g/mol. The number of halogens is 2. The van der Waals surface area contributed by atoms with Crippen LogP contribution in [0.25, 0.3) is 6.08 Å². The van der Waals surface area contributed by atoms with Gasteiger partial charge in [-0.2, -0.15) is 0 Å². The Hall–Kier alpha value is -4.21. The van der Waals surface area contributed by atoms with Gasteiger partial charge in [-0.3, -0.25) is 10.1 Å². The zero-order valence-corrected chi connectivity index (χ0v) is 19.4. The molecule has 4 rings (SSSR count). The van der Waals surface area contributed by atoms with E-state index in [1.807, 2.05) is 0 Å². The van der Waals surface area contributed by atoms with Crippen LogP contribution in [0.5, 0.6) is 11.5 Å². The largest absolute Gasteiger partial charge is 0.493 e. The molecule has 0 amide bonds. The van der Waals surface area contributed by atoms with Crippen molar-refractivity contribution in [1.29, 1.82) is 0 Å². The summed E-state index contributed by atoms with van der Waals surface area (Å²) < 4.78 is 15.9. The van der Waals surface area contributed by atoms with Crippen LogP contribution in [0.3, 0.4) is 0 Å². The number of esters is 2. The van der Waals surface area contributed by atoms with Crippen LogP contribution in [0.2, 0.25) is 10.0 Å². The highest BCUT2D eigenvalue weighted by atomic mass is 35.5. The third-order valence-corrected chi connectivity index (χ3v) is 5.46. The van der Waals surface area contributed by atoms with Crippen LogP contribution in [0, 0.1) is 10.1 Å². The second-order valence-electron chi connectivity index (χ2n) is 7.04. The van der Waals surface area contributed by atoms with Crippen molar-refractivity contribution in [1.82, 2.24) is 0 Å². The second kappa shape index (κ2) is 9.96. The fourth-order valence-electron chi connectivity index (χ4n) is 3.11. The maximum Gasteiger partial charge on any atom is 0.363 e. The Morgan fingerprint density at radius 3 is 2.54 bits per heavy atom. The lowest BCUT2D eigenvalue weighted by atomic mass is 10.1. The molecule has 0 saturated heterocycles. The molecule has 0 unspecified atom stereocenters. The first-order chi connectivity index (χ1) is 16.8. The normalized spacial score (nSPS) is 13.9. The van der Waals surface area contributed by atoms with Crippen molar-refractivity contribution in [3.8, 4) is 11.5 Å². The number of benzene rings is 3. The van der Waals surface area contributed by atoms with E-state index < -0.39 is 16.9 Å². The quantitative estimate of drug-likeness (QED) is 0.141. The van der Waals surface area contributed by atoms with E-state index in [9.17, 15) is 19.7 Å². The third kappa shape index (κ3) is 5.16. The van der Waals surface area contributed by atoms with Gasteiger partial charge >= 0.3 is 11.9 Å². The number of methoxy groups -OCH3 is 1. The van der Waals surface area contributed by atoms with Crippen molar-refractivity contribution >= 4 is 52.8 Å². The molecule has 3 aromatic carbocycles. The minimum absolute atomic E-state index is 0.0644. The van der Waals surface area contributed by atoms with Gasteiger partial charge in [-0.05, 0) is 42.0 Å². The van der Waals surface area contributed by atoms with E-state index >= 15 is 0 Å². The lowest BCUT2D eigenvalue weighted by Gasteiger charge is -2.10. The lowest BCUT2D eigenvalue weighted by molar-refractivity contribution is -0.384. The SMILES string of the molecule is COc1cc(/C=C2\N=C(c3cc([N+](=O)[O-])ccc3Cl)OC2=O)ccc1OC(=O)c1ccccc1Cl. The summed E-state index contributed by atoms with van der Waals surface area (Å²) in [7, 11) is 1.39. The fourth-order valence-corrected chi connectivity index (χ4v) is 3.52. The van der Waals surface area contributed by atoms with Crippen molar-refractivity contribution in [2.75, 3.05) is 7.11 Å². The number of non-ortho nitro benzene ring substituents is 1. The average molecular weight is 513 g/mol. The third-order valence-electron chi connectivity index (χ3n) is 4.80. The highest BCUT2D eigenvalue weighted by Gasteiger charge is 2.27. The topological polar surface area (TPSA) is 117 Å². The van der Waals surface area contributed by atoms with E-state index in [0.29, 0.717) is 5.56 Å². The van der Waals surface area contributed by atoms with E-state index in [1.165, 1.54) is 49.6 Å². The molecule has 0 bridgehead atoms. The van der Waals surface area contributed by atoms with Crippen LogP contribution in [-0.2, 0) is 9.53 Å². The smallest absolute Gasteiger partial charge is 0.363 e. The minimum atomic E-state index is -0.768. The number of aliphatic imine (C=N–C) groups is 1. The molecule has 1 aliphatic rings. The van der Waals surface area contributed by atoms with Gasteiger partial charge in [-0.15, -0.1) is 0 Å². The number of hydrogen-bond donors (Lipinski definition) is 0. The Morgan fingerprint density at radius 2 is 1.83 bits per heavy atom. The predicted octanol–water partition coefficient (Wildman–Crippen LogP) is 5.47. The zero-order valence-electron chi connectivity index (χ0n) is 17.9. The Balaban J connectivity index is 1.61. The number of nitro benzene ring substituents is 1. The van der Waals surface area contributed by atoms with E-state index in [2.05, 4.69) is 4.99 Å². The predicted molar refractivity (Wildman–Crippen MR) is 128 cm³/mol. The van der Waals surface area contributed by atoms with Gasteiger partial charge in [0.05, 0.1) is 33.2 Å². The molecule has 1 heterocycles. The van der Waals surface area contributed by atoms with Crippen molar-refractivity contribution in [2.24, 2.45) is 4.99 Å². The van der Waals surface area contributed by atoms with Crippen molar-refractivity contribution in [3.63, 3.8) is 0 Å². The molecule has 0 radical (unpaired) electrons. The second-order valence-corrected chi connectivity index (χ2v) is 7.85. The molecule has 9 nitrogen and oxygen atoms in total. The molecule has 0 aliphatic carbocycles. The van der Waals surface area contributed by atoms with Crippen LogP contribution in [-0.4, -0.2) is 29.9 Å². The first-order valence-corrected chi connectivity index (χ1v) is 10.6. The number of hydrogen-bond acceptors (Lipinski definition) is 8. The Kier molecular flexibility index (Phi) is 6.81. The molecule has 1 aliphatic heterocycles. The Labute approximate surface area is 208 Å². The number of ether oxygens (including phenoxy) is 3. The molecule has 176 valence electrons. The van der Waals surface area contributed by atoms with Crippen LogP contribution < -0.4 is 9.47 Å². The number of cyclic esters (lactones) is 1. The van der Waals surface area contributed by atoms with Gasteiger partial charge in [0.25, 0.3) is 5.69 Å². The average Bonchev–Trinajstić information content (AvgIpc) is 3.20. The fraction of sp³-hybridized carbons (Fsp3) is 0.0417. The molecule has 0 saturated carbocycles. The maximum atomic E-state index is 12.5. The van der Waals surface area contributed by atoms with Crippen molar-refractivity contribution < 1.29 is 28.7 Å². The van der Waals surface area contributed by atoms with E-state index in [0.717, 1.165) is 0 Å². The standard InChI is InChI=1S/C24H14Cl2N2O7/c1-33-21-11-13(6-9-20(21)34-23(29)15-4-2-3-5-17(15)25)10-19-24(30)35-22(27-19)16-12-14(28(31)32)7-8-18(16)26/h2-12H,1H3/b19-10-. The van der Waals surface area contributed by atoms with Gasteiger partial charge in [0.15, 0.2) is 17.2 Å². The highest BCUT2D eigenvalue weighted by molar-refractivity contribution is 6.34. The Morgan fingerprint density at radius 1 is 1.06 bits per heavy atom. The van der Waals surface area contributed by atoms with Gasteiger partial charge in [-0.25, -0.2) is 14.6 Å². The number of nitro groups is 1. The van der Waals surface area contributed by atoms with Crippen LogP contribution >= 0.6 is 23.2 Å². The molecule has 3 aromatic rings. The first kappa shape index (κ1) is 23.9. The summed E-state index contributed by atoms with van der Waals surface area (Å²) in [5, 5.41) is 11.4. The summed E-state index contributed by atoms with van der Waals surface area (Å²) in [6.45, 7) is 0. The summed E-state index contributed by atoms with van der Waals surface area (Å²) in [4.78, 5) is 39.4. The molecule has 0 spiro atoms. The summed E-state index contributed by atoms with van der Waals surface area (Å²) in [5.41, 5.74) is 0.494. The van der Waals surface area contributed by atoms with E-state index in [4.69, 9.17) is 37.4 Å². The summed E-state index contributed by atoms with van der Waals surface area (Å²) in [6.07, 6.45) is 1.42. The summed E-state index contributed by atoms with van der Waals surface area (Å²) in [6, 6.07) is 14.8. The highest BCUT2D eigenvalue weighted by Crippen LogP contribution is 2.32. The van der Waals surface area contributed by atoms with Gasteiger partial charge in [-0.1, -0.05) is 41.4 Å². The van der Waals surface area contributed by atoms with Crippen LogP contribution in [0.15, 0.2) is 71.4 Å². The summed E-state index contributed by atoms with van der Waals surface area (Å²) >= 11 is 12.2.